The first-order chi connectivity index (χ1) is 9.93. The van der Waals surface area contributed by atoms with Gasteiger partial charge in [0.15, 0.2) is 0 Å². The van der Waals surface area contributed by atoms with Crippen LogP contribution in [-0.2, 0) is 4.74 Å². The molecule has 21 heavy (non-hydrogen) atoms. The molecule has 2 aromatic rings. The van der Waals surface area contributed by atoms with E-state index >= 15 is 0 Å². The fraction of sp³-hybridized carbons (Fsp3) is 0.133. The van der Waals surface area contributed by atoms with E-state index < -0.39 is 10.9 Å². The van der Waals surface area contributed by atoms with Crippen molar-refractivity contribution in [1.29, 1.82) is 0 Å². The quantitative estimate of drug-likeness (QED) is 0.492. The van der Waals surface area contributed by atoms with Gasteiger partial charge in [-0.05, 0) is 42.3 Å². The maximum atomic E-state index is 13.3. The third-order valence-corrected chi connectivity index (χ3v) is 3.08. The monoisotopic (exact) mass is 289 g/mol. The summed E-state index contributed by atoms with van der Waals surface area (Å²) < 4.78 is 17.8. The molecule has 0 amide bonds. The van der Waals surface area contributed by atoms with Gasteiger partial charge in [0.2, 0.25) is 0 Å². The normalized spacial score (nSPS) is 10.2. The van der Waals surface area contributed by atoms with E-state index in [1.54, 1.807) is 6.92 Å². The first-order valence-electron chi connectivity index (χ1n) is 6.07. The lowest BCUT2D eigenvalue weighted by Crippen LogP contribution is -2.03. The minimum absolute atomic E-state index is 0.0896. The van der Waals surface area contributed by atoms with Crippen molar-refractivity contribution < 1.29 is 18.8 Å². The van der Waals surface area contributed by atoms with Crippen LogP contribution < -0.4 is 0 Å². The van der Waals surface area contributed by atoms with Crippen LogP contribution in [0.25, 0.3) is 11.1 Å². The Hall–Kier alpha value is -2.76. The molecule has 0 fully saturated rings. The summed E-state index contributed by atoms with van der Waals surface area (Å²) in [5.41, 5.74) is 1.07. The van der Waals surface area contributed by atoms with Crippen LogP contribution >= 0.6 is 0 Å². The summed E-state index contributed by atoms with van der Waals surface area (Å²) in [5.74, 6) is -1.03. The summed E-state index contributed by atoms with van der Waals surface area (Å²) in [6.07, 6.45) is 0. The Morgan fingerprint density at radius 1 is 1.24 bits per heavy atom. The molecule has 0 saturated heterocycles. The second kappa shape index (κ2) is 5.70. The molecule has 0 spiro atoms. The molecule has 0 bridgehead atoms. The average Bonchev–Trinajstić information content (AvgIpc) is 2.48. The van der Waals surface area contributed by atoms with Crippen molar-refractivity contribution in [3.8, 4) is 11.1 Å². The molecule has 2 aromatic carbocycles. The predicted octanol–water partition coefficient (Wildman–Crippen LogP) is 3.50. The maximum Gasteiger partial charge on any atom is 0.338 e. The van der Waals surface area contributed by atoms with Gasteiger partial charge in [0.05, 0.1) is 23.2 Å². The summed E-state index contributed by atoms with van der Waals surface area (Å²) in [4.78, 5) is 22.0. The molecule has 0 aromatic heterocycles. The topological polar surface area (TPSA) is 69.4 Å². The van der Waals surface area contributed by atoms with Crippen LogP contribution in [0.5, 0.6) is 0 Å². The fourth-order valence-electron chi connectivity index (χ4n) is 1.98. The Bertz CT molecular complexity index is 728. The van der Waals surface area contributed by atoms with Crippen LogP contribution in [-0.4, -0.2) is 18.0 Å². The molecule has 0 radical (unpaired) electrons. The van der Waals surface area contributed by atoms with E-state index in [-0.39, 0.29) is 17.1 Å². The molecule has 0 saturated carbocycles. The standard InChI is InChI=1S/C15H12FNO4/c1-9-7-10(4-6-13(9)16)12-5-3-11(15(18)21-2)8-14(12)17(19)20/h3-8H,1-2H3. The highest BCUT2D eigenvalue weighted by molar-refractivity contribution is 5.92. The van der Waals surface area contributed by atoms with E-state index in [1.807, 2.05) is 0 Å². The molecular formula is C15H12FNO4. The SMILES string of the molecule is COC(=O)c1ccc(-c2ccc(F)c(C)c2)c([N+](=O)[O-])c1. The molecule has 0 aliphatic carbocycles. The van der Waals surface area contributed by atoms with Crippen LogP contribution in [0.15, 0.2) is 36.4 Å². The Labute approximate surface area is 120 Å². The Balaban J connectivity index is 2.60. The molecule has 0 aliphatic heterocycles. The maximum absolute atomic E-state index is 13.3. The van der Waals surface area contributed by atoms with Gasteiger partial charge >= 0.3 is 5.97 Å². The molecule has 108 valence electrons. The predicted molar refractivity (Wildman–Crippen MR) is 74.6 cm³/mol. The van der Waals surface area contributed by atoms with E-state index in [2.05, 4.69) is 4.74 Å². The highest BCUT2D eigenvalue weighted by Gasteiger charge is 2.19. The van der Waals surface area contributed by atoms with Crippen LogP contribution in [0, 0.1) is 22.9 Å². The zero-order valence-electron chi connectivity index (χ0n) is 11.4. The third kappa shape index (κ3) is 2.89. The number of hydrogen-bond donors (Lipinski definition) is 0. The van der Waals surface area contributed by atoms with Crippen LogP contribution in [0.2, 0.25) is 0 Å². The second-order valence-electron chi connectivity index (χ2n) is 4.44. The number of aryl methyl sites for hydroxylation is 1. The molecule has 0 atom stereocenters. The van der Waals surface area contributed by atoms with Gasteiger partial charge in [0.1, 0.15) is 5.82 Å². The van der Waals surface area contributed by atoms with Crippen molar-refractivity contribution in [1.82, 2.24) is 0 Å². The number of nitrogens with zero attached hydrogens (tertiary/aromatic N) is 1. The Kier molecular flexibility index (Phi) is 3.98. The molecular weight excluding hydrogens is 277 g/mol. The number of carbonyl (C=O) groups excluding carboxylic acids is 1. The van der Waals surface area contributed by atoms with Gasteiger partial charge in [-0.15, -0.1) is 0 Å². The fourth-order valence-corrected chi connectivity index (χ4v) is 1.98. The van der Waals surface area contributed by atoms with Crippen LogP contribution in [0.3, 0.4) is 0 Å². The molecule has 5 nitrogen and oxygen atoms in total. The first kappa shape index (κ1) is 14.6. The van der Waals surface area contributed by atoms with Crippen LogP contribution in [0.1, 0.15) is 15.9 Å². The van der Waals surface area contributed by atoms with E-state index in [1.165, 1.54) is 37.4 Å². The van der Waals surface area contributed by atoms with Crippen molar-refractivity contribution in [3.05, 3.63) is 63.5 Å². The van der Waals surface area contributed by atoms with Gasteiger partial charge in [-0.25, -0.2) is 9.18 Å². The summed E-state index contributed by atoms with van der Waals surface area (Å²) in [6, 6.07) is 8.28. The number of ether oxygens (including phenoxy) is 1. The van der Waals surface area contributed by atoms with E-state index in [4.69, 9.17) is 0 Å². The molecule has 0 aliphatic rings. The summed E-state index contributed by atoms with van der Waals surface area (Å²) in [7, 11) is 1.20. The summed E-state index contributed by atoms with van der Waals surface area (Å²) in [6.45, 7) is 1.58. The smallest absolute Gasteiger partial charge is 0.338 e. The molecule has 2 rings (SSSR count). The number of methoxy groups -OCH3 is 1. The number of rotatable bonds is 3. The Morgan fingerprint density at radius 3 is 2.52 bits per heavy atom. The third-order valence-electron chi connectivity index (χ3n) is 3.08. The molecule has 0 unspecified atom stereocenters. The lowest BCUT2D eigenvalue weighted by molar-refractivity contribution is -0.384. The van der Waals surface area contributed by atoms with Crippen molar-refractivity contribution >= 4 is 11.7 Å². The molecule has 0 heterocycles. The zero-order chi connectivity index (χ0) is 15.6. The van der Waals surface area contributed by atoms with Crippen molar-refractivity contribution in [2.75, 3.05) is 7.11 Å². The Morgan fingerprint density at radius 2 is 1.95 bits per heavy atom. The minimum atomic E-state index is -0.653. The number of nitro benzene ring substituents is 1. The van der Waals surface area contributed by atoms with Crippen molar-refractivity contribution in [2.45, 2.75) is 6.92 Å². The van der Waals surface area contributed by atoms with E-state index in [9.17, 15) is 19.3 Å². The van der Waals surface area contributed by atoms with Gasteiger partial charge in [-0.3, -0.25) is 10.1 Å². The van der Waals surface area contributed by atoms with Crippen molar-refractivity contribution in [2.24, 2.45) is 0 Å². The highest BCUT2D eigenvalue weighted by atomic mass is 19.1. The van der Waals surface area contributed by atoms with Crippen LogP contribution in [0.4, 0.5) is 10.1 Å². The molecule has 0 N–H and O–H groups in total. The van der Waals surface area contributed by atoms with Gasteiger partial charge in [0.25, 0.3) is 5.69 Å². The lowest BCUT2D eigenvalue weighted by Gasteiger charge is -2.07. The number of carbonyl (C=O) groups is 1. The van der Waals surface area contributed by atoms with E-state index in [0.717, 1.165) is 6.07 Å². The zero-order valence-corrected chi connectivity index (χ0v) is 11.4. The highest BCUT2D eigenvalue weighted by Crippen LogP contribution is 2.31. The molecule has 6 heteroatoms. The van der Waals surface area contributed by atoms with Gasteiger partial charge in [-0.2, -0.15) is 0 Å². The van der Waals surface area contributed by atoms with Crippen molar-refractivity contribution in [3.63, 3.8) is 0 Å². The van der Waals surface area contributed by atoms with Gasteiger partial charge in [0, 0.05) is 6.07 Å². The largest absolute Gasteiger partial charge is 0.465 e. The number of benzene rings is 2. The summed E-state index contributed by atoms with van der Waals surface area (Å²) in [5, 5.41) is 11.2. The van der Waals surface area contributed by atoms with Gasteiger partial charge < -0.3 is 4.74 Å². The average molecular weight is 289 g/mol. The number of halogens is 1. The van der Waals surface area contributed by atoms with Gasteiger partial charge in [-0.1, -0.05) is 6.07 Å². The first-order valence-corrected chi connectivity index (χ1v) is 6.07. The second-order valence-corrected chi connectivity index (χ2v) is 4.44. The number of esters is 1. The minimum Gasteiger partial charge on any atom is -0.465 e. The van der Waals surface area contributed by atoms with E-state index in [0.29, 0.717) is 16.7 Å². The summed E-state index contributed by atoms with van der Waals surface area (Å²) >= 11 is 0. The lowest BCUT2D eigenvalue weighted by atomic mass is 10.00. The number of hydrogen-bond acceptors (Lipinski definition) is 4. The number of nitro groups is 1.